The fourth-order valence-electron chi connectivity index (χ4n) is 5.48. The van der Waals surface area contributed by atoms with Gasteiger partial charge in [-0.1, -0.05) is 54.6 Å². The van der Waals surface area contributed by atoms with Gasteiger partial charge in [0.05, 0.1) is 6.66 Å². The summed E-state index contributed by atoms with van der Waals surface area (Å²) in [5.74, 6) is 0. The maximum atomic E-state index is 3.85. The summed E-state index contributed by atoms with van der Waals surface area (Å²) in [6, 6.07) is 26.0. The zero-order valence-corrected chi connectivity index (χ0v) is 19.8. The molecule has 0 bridgehead atoms. The first-order valence-electron chi connectivity index (χ1n) is 11.1. The van der Waals surface area contributed by atoms with Crippen LogP contribution in [0.1, 0.15) is 16.7 Å². The normalized spacial score (nSPS) is 12.4. The van der Waals surface area contributed by atoms with Crippen LogP contribution in [0.3, 0.4) is 0 Å². The van der Waals surface area contributed by atoms with Gasteiger partial charge in [-0.05, 0) is 39.0 Å². The molecule has 0 aliphatic carbocycles. The molecule has 0 aliphatic rings. The van der Waals surface area contributed by atoms with Crippen molar-refractivity contribution in [3.05, 3.63) is 89.5 Å². The number of rotatable bonds is 3. The van der Waals surface area contributed by atoms with Crippen molar-refractivity contribution in [1.29, 1.82) is 0 Å². The molecule has 0 unspecified atom stereocenters. The summed E-state index contributed by atoms with van der Waals surface area (Å²) in [6.07, 6.45) is 0. The second kappa shape index (κ2) is 6.85. The van der Waals surface area contributed by atoms with Gasteiger partial charge in [0.2, 0.25) is 0 Å². The van der Waals surface area contributed by atoms with Crippen molar-refractivity contribution >= 4 is 56.3 Å². The van der Waals surface area contributed by atoms with Crippen LogP contribution in [0.15, 0.2) is 72.8 Å². The summed E-state index contributed by atoms with van der Waals surface area (Å²) in [5, 5.41) is 3.91. The molecule has 4 heteroatoms. The Hall–Kier alpha value is -3.29. The molecule has 0 fully saturated rings. The lowest BCUT2D eigenvalue weighted by atomic mass is 10.2. The van der Waals surface area contributed by atoms with Gasteiger partial charge in [0.25, 0.3) is 0 Å². The molecule has 3 nitrogen and oxygen atoms in total. The van der Waals surface area contributed by atoms with Gasteiger partial charge in [0, 0.05) is 49.4 Å². The number of hydrogen-bond donors (Lipinski definition) is 3. The second-order valence-electron chi connectivity index (χ2n) is 8.94. The van der Waals surface area contributed by atoms with Crippen LogP contribution < -0.4 is 16.3 Å². The monoisotopic (exact) mass is 436 g/mol. The molecule has 0 saturated carbocycles. The van der Waals surface area contributed by atoms with E-state index in [-0.39, 0.29) is 0 Å². The Bertz CT molecular complexity index is 1440. The summed E-state index contributed by atoms with van der Waals surface area (Å²) in [6.45, 7) is 9.26. The summed E-state index contributed by atoms with van der Waals surface area (Å²) < 4.78 is 0. The minimum atomic E-state index is -2.02. The smallest absolute Gasteiger partial charge is 0.178 e. The van der Waals surface area contributed by atoms with Gasteiger partial charge in [-0.15, -0.1) is 0 Å². The highest BCUT2D eigenvalue weighted by atomic mass is 31.2. The van der Waals surface area contributed by atoms with Crippen LogP contribution in [0.2, 0.25) is 0 Å². The number of para-hydroxylation sites is 3. The lowest BCUT2D eigenvalue weighted by Crippen LogP contribution is -2.35. The van der Waals surface area contributed by atoms with Gasteiger partial charge < -0.3 is 15.0 Å². The third-order valence-corrected chi connectivity index (χ3v) is 11.2. The van der Waals surface area contributed by atoms with Crippen LogP contribution in [0, 0.1) is 20.8 Å². The number of aromatic nitrogens is 3. The van der Waals surface area contributed by atoms with Crippen LogP contribution in [0.25, 0.3) is 32.7 Å². The number of nitrogens with one attached hydrogen (secondary N) is 3. The molecule has 0 radical (unpaired) electrons. The molecule has 0 spiro atoms. The van der Waals surface area contributed by atoms with Crippen LogP contribution in [-0.2, 0) is 0 Å². The molecule has 158 valence electrons. The van der Waals surface area contributed by atoms with E-state index in [4.69, 9.17) is 0 Å². The molecule has 32 heavy (non-hydrogen) atoms. The molecule has 0 saturated heterocycles. The number of H-pyrrole nitrogens is 3. The zero-order chi connectivity index (χ0) is 22.0. The largest absolute Gasteiger partial charge is 0.325 e. The molecule has 3 aromatic heterocycles. The quantitative estimate of drug-likeness (QED) is 0.286. The summed E-state index contributed by atoms with van der Waals surface area (Å²) in [5.41, 5.74) is 11.6. The van der Waals surface area contributed by atoms with E-state index in [0.717, 1.165) is 0 Å². The summed E-state index contributed by atoms with van der Waals surface area (Å²) in [7, 11) is -2.02. The Labute approximate surface area is 188 Å². The number of aromatic amines is 3. The Balaban J connectivity index is 1.76. The number of aryl methyl sites for hydroxylation is 3. The van der Waals surface area contributed by atoms with Crippen molar-refractivity contribution in [3.8, 4) is 0 Å². The third kappa shape index (κ3) is 2.52. The highest BCUT2D eigenvalue weighted by molar-refractivity contribution is 7.94. The van der Waals surface area contributed by atoms with Gasteiger partial charge in [0.15, 0.2) is 23.6 Å². The SMILES string of the molecule is Cc1c([P+](C)(c2[nH]c3ccccc3c2C)c2[nH]c3ccccc3c2C)[nH]c2ccccc12. The predicted octanol–water partition coefficient (Wildman–Crippen LogP) is 5.98. The van der Waals surface area contributed by atoms with Crippen LogP contribution in [-0.4, -0.2) is 21.6 Å². The van der Waals surface area contributed by atoms with Crippen LogP contribution in [0.5, 0.6) is 0 Å². The van der Waals surface area contributed by atoms with Gasteiger partial charge in [-0.2, -0.15) is 0 Å². The molecule has 0 amide bonds. The highest BCUT2D eigenvalue weighted by Gasteiger charge is 2.49. The number of fused-ring (bicyclic) bond motifs is 3. The Kier molecular flexibility index (Phi) is 4.15. The molecular formula is C28H27N3P+. The van der Waals surface area contributed by atoms with Crippen molar-refractivity contribution in [1.82, 2.24) is 15.0 Å². The van der Waals surface area contributed by atoms with Gasteiger partial charge in [-0.3, -0.25) is 0 Å². The van der Waals surface area contributed by atoms with E-state index in [1.807, 2.05) is 0 Å². The Morgan fingerprint density at radius 3 is 1.03 bits per heavy atom. The van der Waals surface area contributed by atoms with Crippen molar-refractivity contribution in [2.75, 3.05) is 6.66 Å². The van der Waals surface area contributed by atoms with Crippen molar-refractivity contribution in [3.63, 3.8) is 0 Å². The minimum Gasteiger partial charge on any atom is -0.325 e. The van der Waals surface area contributed by atoms with Crippen LogP contribution in [0.4, 0.5) is 0 Å². The Morgan fingerprint density at radius 1 is 0.469 bits per heavy atom. The minimum absolute atomic E-state index is 1.20. The van der Waals surface area contributed by atoms with E-state index in [0.29, 0.717) is 0 Å². The van der Waals surface area contributed by atoms with E-state index in [1.165, 1.54) is 65.7 Å². The average Bonchev–Trinajstić information content (AvgIpc) is 3.46. The summed E-state index contributed by atoms with van der Waals surface area (Å²) in [4.78, 5) is 11.6. The fraction of sp³-hybridized carbons (Fsp3) is 0.143. The topological polar surface area (TPSA) is 47.4 Å². The van der Waals surface area contributed by atoms with Crippen molar-refractivity contribution in [2.24, 2.45) is 0 Å². The maximum absolute atomic E-state index is 3.85. The molecule has 3 aromatic carbocycles. The van der Waals surface area contributed by atoms with Crippen molar-refractivity contribution in [2.45, 2.75) is 20.8 Å². The fourth-order valence-corrected chi connectivity index (χ4v) is 9.56. The predicted molar refractivity (Wildman–Crippen MR) is 141 cm³/mol. The van der Waals surface area contributed by atoms with E-state index in [9.17, 15) is 0 Å². The van der Waals surface area contributed by atoms with Crippen LogP contribution >= 0.6 is 7.26 Å². The molecule has 6 aromatic rings. The van der Waals surface area contributed by atoms with E-state index < -0.39 is 7.26 Å². The number of benzene rings is 3. The van der Waals surface area contributed by atoms with E-state index >= 15 is 0 Å². The third-order valence-electron chi connectivity index (χ3n) is 7.16. The standard InChI is InChI=1S/C28H27N3P/c1-17-20-11-5-8-14-23(20)29-26(17)32(4,27-18(2)21-12-6-9-15-24(21)30-27)28-19(3)22-13-7-10-16-25(22)31-28/h5-16,29-31H,1-4H3/q+1. The Morgan fingerprint density at radius 2 is 0.750 bits per heavy atom. The molecular weight excluding hydrogens is 409 g/mol. The first-order chi connectivity index (χ1) is 15.5. The average molecular weight is 437 g/mol. The first-order valence-corrected chi connectivity index (χ1v) is 13.3. The molecule has 0 aliphatic heterocycles. The highest BCUT2D eigenvalue weighted by Crippen LogP contribution is 2.54. The number of hydrogen-bond acceptors (Lipinski definition) is 0. The maximum Gasteiger partial charge on any atom is 0.178 e. The van der Waals surface area contributed by atoms with E-state index in [2.05, 4.69) is 115 Å². The zero-order valence-electron chi connectivity index (χ0n) is 18.9. The molecule has 6 rings (SSSR count). The van der Waals surface area contributed by atoms with E-state index in [1.54, 1.807) is 0 Å². The van der Waals surface area contributed by atoms with Gasteiger partial charge in [0.1, 0.15) is 0 Å². The molecule has 3 heterocycles. The molecule has 3 N–H and O–H groups in total. The second-order valence-corrected chi connectivity index (χ2v) is 12.3. The summed E-state index contributed by atoms with van der Waals surface area (Å²) >= 11 is 0. The molecule has 0 atom stereocenters. The van der Waals surface area contributed by atoms with Gasteiger partial charge >= 0.3 is 0 Å². The lowest BCUT2D eigenvalue weighted by molar-refractivity contribution is 1.44. The van der Waals surface area contributed by atoms with Crippen molar-refractivity contribution < 1.29 is 0 Å². The lowest BCUT2D eigenvalue weighted by Gasteiger charge is -2.21. The van der Waals surface area contributed by atoms with Gasteiger partial charge in [-0.25, -0.2) is 0 Å². The first kappa shape index (κ1) is 19.4.